The molecule has 2 fully saturated rings. The van der Waals surface area contributed by atoms with Gasteiger partial charge in [0.15, 0.2) is 5.96 Å². The Kier molecular flexibility index (Phi) is 11.9. The number of hydrogen-bond acceptors (Lipinski definition) is 5. The van der Waals surface area contributed by atoms with Crippen LogP contribution in [0.25, 0.3) is 0 Å². The molecule has 0 radical (unpaired) electrons. The van der Waals surface area contributed by atoms with Crippen molar-refractivity contribution in [3.63, 3.8) is 0 Å². The van der Waals surface area contributed by atoms with E-state index in [4.69, 9.17) is 14.2 Å². The van der Waals surface area contributed by atoms with Crippen molar-refractivity contribution in [1.82, 2.24) is 15.1 Å². The first-order valence-electron chi connectivity index (χ1n) is 11.4. The lowest BCUT2D eigenvalue weighted by atomic mass is 10.1. The molecule has 1 N–H and O–H groups in total. The van der Waals surface area contributed by atoms with Crippen LogP contribution >= 0.6 is 24.0 Å². The Hall–Kier alpha value is -1.10. The van der Waals surface area contributed by atoms with E-state index in [0.29, 0.717) is 19.8 Å². The third-order valence-corrected chi connectivity index (χ3v) is 5.95. The van der Waals surface area contributed by atoms with Crippen LogP contribution in [0, 0.1) is 0 Å². The minimum absolute atomic E-state index is 0. The SMILES string of the molecule is CCN(CC)CCOc1ccccc1CNC(=NC)N1CCOC(C2CCCO2)C1.I. The Balaban J connectivity index is 0.00000341. The second-order valence-corrected chi connectivity index (χ2v) is 7.79. The molecule has 2 heterocycles. The molecule has 3 rings (SSSR count). The van der Waals surface area contributed by atoms with Crippen LogP contribution in [-0.4, -0.2) is 87.6 Å². The highest BCUT2D eigenvalue weighted by atomic mass is 127. The fourth-order valence-electron chi connectivity index (χ4n) is 4.11. The average molecular weight is 546 g/mol. The van der Waals surface area contributed by atoms with Crippen LogP contribution in [0.5, 0.6) is 5.75 Å². The highest BCUT2D eigenvalue weighted by Crippen LogP contribution is 2.21. The fraction of sp³-hybridized carbons (Fsp3) is 0.696. The molecule has 1 aromatic carbocycles. The molecule has 0 bridgehead atoms. The number of morpholine rings is 1. The first-order valence-corrected chi connectivity index (χ1v) is 11.4. The average Bonchev–Trinajstić information content (AvgIpc) is 3.33. The summed E-state index contributed by atoms with van der Waals surface area (Å²) in [6, 6.07) is 8.24. The molecule has 2 aliphatic heterocycles. The van der Waals surface area contributed by atoms with Gasteiger partial charge in [-0.2, -0.15) is 0 Å². The summed E-state index contributed by atoms with van der Waals surface area (Å²) in [6.07, 6.45) is 2.55. The summed E-state index contributed by atoms with van der Waals surface area (Å²) >= 11 is 0. The molecule has 0 aromatic heterocycles. The number of guanidine groups is 1. The predicted molar refractivity (Wildman–Crippen MR) is 136 cm³/mol. The van der Waals surface area contributed by atoms with Gasteiger partial charge in [0, 0.05) is 45.4 Å². The summed E-state index contributed by atoms with van der Waals surface area (Å²) in [7, 11) is 1.84. The van der Waals surface area contributed by atoms with E-state index in [1.165, 1.54) is 0 Å². The maximum atomic E-state index is 6.10. The van der Waals surface area contributed by atoms with Gasteiger partial charge in [-0.25, -0.2) is 0 Å². The van der Waals surface area contributed by atoms with E-state index in [0.717, 1.165) is 69.4 Å². The highest BCUT2D eigenvalue weighted by molar-refractivity contribution is 14.0. The summed E-state index contributed by atoms with van der Waals surface area (Å²) < 4.78 is 17.9. The number of benzene rings is 1. The van der Waals surface area contributed by atoms with E-state index in [-0.39, 0.29) is 36.2 Å². The molecule has 2 unspecified atom stereocenters. The monoisotopic (exact) mass is 546 g/mol. The van der Waals surface area contributed by atoms with Crippen molar-refractivity contribution in [2.75, 3.05) is 59.6 Å². The summed E-state index contributed by atoms with van der Waals surface area (Å²) in [4.78, 5) is 9.16. The van der Waals surface area contributed by atoms with Crippen LogP contribution in [0.2, 0.25) is 0 Å². The summed E-state index contributed by atoms with van der Waals surface area (Å²) in [5.74, 6) is 1.84. The van der Waals surface area contributed by atoms with Crippen LogP contribution in [0.3, 0.4) is 0 Å². The summed E-state index contributed by atoms with van der Waals surface area (Å²) in [5, 5.41) is 3.52. The van der Waals surface area contributed by atoms with Crippen molar-refractivity contribution in [2.24, 2.45) is 4.99 Å². The number of para-hydroxylation sites is 1. The number of halogens is 1. The molecule has 8 heteroatoms. The van der Waals surface area contributed by atoms with Crippen molar-refractivity contribution in [2.45, 2.75) is 45.4 Å². The number of rotatable bonds is 9. The van der Waals surface area contributed by atoms with Gasteiger partial charge >= 0.3 is 0 Å². The Bertz CT molecular complexity index is 666. The normalized spacial score (nSPS) is 21.8. The van der Waals surface area contributed by atoms with E-state index < -0.39 is 0 Å². The molecule has 1 aromatic rings. The van der Waals surface area contributed by atoms with Gasteiger partial charge in [-0.3, -0.25) is 4.99 Å². The molecule has 0 aliphatic carbocycles. The molecule has 0 spiro atoms. The van der Waals surface area contributed by atoms with Gasteiger partial charge in [0.25, 0.3) is 0 Å². The van der Waals surface area contributed by atoms with Crippen molar-refractivity contribution in [3.05, 3.63) is 29.8 Å². The lowest BCUT2D eigenvalue weighted by Gasteiger charge is -2.37. The van der Waals surface area contributed by atoms with Gasteiger partial charge < -0.3 is 29.3 Å². The number of nitrogens with one attached hydrogen (secondary N) is 1. The van der Waals surface area contributed by atoms with Crippen LogP contribution in [0.1, 0.15) is 32.3 Å². The Morgan fingerprint density at radius 1 is 1.19 bits per heavy atom. The molecule has 31 heavy (non-hydrogen) atoms. The number of hydrogen-bond donors (Lipinski definition) is 1. The molecule has 0 amide bonds. The first kappa shape index (κ1) is 26.2. The first-order chi connectivity index (χ1) is 14.7. The van der Waals surface area contributed by atoms with E-state index in [9.17, 15) is 0 Å². The quantitative estimate of drug-likeness (QED) is 0.292. The molecule has 7 nitrogen and oxygen atoms in total. The highest BCUT2D eigenvalue weighted by Gasteiger charge is 2.32. The second kappa shape index (κ2) is 14.1. The summed E-state index contributed by atoms with van der Waals surface area (Å²) in [6.45, 7) is 12.0. The van der Waals surface area contributed by atoms with E-state index in [1.54, 1.807) is 0 Å². The minimum atomic E-state index is 0. The zero-order valence-corrected chi connectivity index (χ0v) is 21.5. The zero-order chi connectivity index (χ0) is 21.2. The number of likely N-dealkylation sites (N-methyl/N-ethyl adjacent to an activating group) is 1. The third-order valence-electron chi connectivity index (χ3n) is 5.95. The molecule has 176 valence electrons. The second-order valence-electron chi connectivity index (χ2n) is 7.79. The number of nitrogens with zero attached hydrogens (tertiary/aromatic N) is 3. The largest absolute Gasteiger partial charge is 0.492 e. The number of aliphatic imine (C=N–C) groups is 1. The minimum Gasteiger partial charge on any atom is -0.492 e. The van der Waals surface area contributed by atoms with Crippen molar-refractivity contribution < 1.29 is 14.2 Å². The van der Waals surface area contributed by atoms with E-state index in [1.807, 2.05) is 19.2 Å². The van der Waals surface area contributed by atoms with Gasteiger partial charge in [-0.1, -0.05) is 32.0 Å². The summed E-state index contributed by atoms with van der Waals surface area (Å²) in [5.41, 5.74) is 1.14. The topological polar surface area (TPSA) is 58.6 Å². The van der Waals surface area contributed by atoms with Crippen LogP contribution in [0.4, 0.5) is 0 Å². The Morgan fingerprint density at radius 3 is 2.68 bits per heavy atom. The maximum absolute atomic E-state index is 6.10. The van der Waals surface area contributed by atoms with Gasteiger partial charge in [-0.05, 0) is 32.0 Å². The molecule has 2 saturated heterocycles. The Morgan fingerprint density at radius 2 is 1.97 bits per heavy atom. The predicted octanol–water partition coefficient (Wildman–Crippen LogP) is 2.98. The molecule has 2 atom stereocenters. The zero-order valence-electron chi connectivity index (χ0n) is 19.2. The molecule has 2 aliphatic rings. The van der Waals surface area contributed by atoms with Crippen molar-refractivity contribution >= 4 is 29.9 Å². The smallest absolute Gasteiger partial charge is 0.194 e. The van der Waals surface area contributed by atoms with Gasteiger partial charge in [0.1, 0.15) is 18.5 Å². The van der Waals surface area contributed by atoms with E-state index in [2.05, 4.69) is 46.1 Å². The van der Waals surface area contributed by atoms with Crippen LogP contribution in [-0.2, 0) is 16.0 Å². The fourth-order valence-corrected chi connectivity index (χ4v) is 4.11. The van der Waals surface area contributed by atoms with Crippen LogP contribution in [0.15, 0.2) is 29.3 Å². The molecular weight excluding hydrogens is 507 g/mol. The van der Waals surface area contributed by atoms with Crippen LogP contribution < -0.4 is 10.1 Å². The maximum Gasteiger partial charge on any atom is 0.194 e. The lowest BCUT2D eigenvalue weighted by molar-refractivity contribution is -0.0817. The van der Waals surface area contributed by atoms with E-state index >= 15 is 0 Å². The van der Waals surface area contributed by atoms with Crippen molar-refractivity contribution in [3.8, 4) is 5.75 Å². The van der Waals surface area contributed by atoms with Crippen molar-refractivity contribution in [1.29, 1.82) is 0 Å². The van der Waals surface area contributed by atoms with Gasteiger partial charge in [0.05, 0.1) is 12.7 Å². The molecule has 0 saturated carbocycles. The van der Waals surface area contributed by atoms with Gasteiger partial charge in [0.2, 0.25) is 0 Å². The standard InChI is InChI=1S/C23H38N4O3.HI/c1-4-26(5-2)12-15-29-20-10-7-6-9-19(20)17-25-23(24-3)27-13-16-30-22(18-27)21-11-8-14-28-21;/h6-7,9-10,21-22H,4-5,8,11-18H2,1-3H3,(H,24,25);1H. The number of ether oxygens (including phenoxy) is 3. The Labute approximate surface area is 204 Å². The molecular formula is C23H39IN4O3. The van der Waals surface area contributed by atoms with Gasteiger partial charge in [-0.15, -0.1) is 24.0 Å². The third kappa shape index (κ3) is 7.76. The lowest BCUT2D eigenvalue weighted by Crippen LogP contribution is -2.53.